The summed E-state index contributed by atoms with van der Waals surface area (Å²) in [5.74, 6) is 0.589. The van der Waals surface area contributed by atoms with Crippen LogP contribution in [0.2, 0.25) is 0 Å². The first-order valence-corrected chi connectivity index (χ1v) is 11.3. The van der Waals surface area contributed by atoms with Crippen molar-refractivity contribution >= 4 is 48.1 Å². The van der Waals surface area contributed by atoms with Crippen molar-refractivity contribution < 1.29 is 13.2 Å². The molecule has 0 unspecified atom stereocenters. The van der Waals surface area contributed by atoms with Crippen LogP contribution in [0, 0.1) is 0 Å². The maximum absolute atomic E-state index is 12.2. The fraction of sp³-hybridized carbons (Fsp3) is 0.0500. The summed E-state index contributed by atoms with van der Waals surface area (Å²) >= 11 is 6.84. The van der Waals surface area contributed by atoms with E-state index < -0.39 is 10.0 Å². The van der Waals surface area contributed by atoms with Crippen LogP contribution < -0.4 is 9.57 Å². The zero-order chi connectivity index (χ0) is 20.0. The van der Waals surface area contributed by atoms with E-state index in [9.17, 15) is 8.42 Å². The number of ether oxygens (including phenoxy) is 1. The van der Waals surface area contributed by atoms with Gasteiger partial charge in [-0.2, -0.15) is 13.5 Å². The van der Waals surface area contributed by atoms with E-state index in [1.807, 2.05) is 30.3 Å². The molecule has 1 N–H and O–H groups in total. The molecule has 0 spiro atoms. The summed E-state index contributed by atoms with van der Waals surface area (Å²) in [5.41, 5.74) is 1.64. The van der Waals surface area contributed by atoms with Crippen LogP contribution in [-0.4, -0.2) is 14.6 Å². The quantitative estimate of drug-likeness (QED) is 0.346. The molecule has 0 fully saturated rings. The summed E-state index contributed by atoms with van der Waals surface area (Å²) in [6, 6.07) is 21.3. The highest BCUT2D eigenvalue weighted by Crippen LogP contribution is 2.23. The van der Waals surface area contributed by atoms with Crippen LogP contribution in [-0.2, 0) is 16.6 Å². The van der Waals surface area contributed by atoms with Crippen LogP contribution in [0.1, 0.15) is 11.1 Å². The molecule has 0 atom stereocenters. The Hall–Kier alpha value is -2.16. The Morgan fingerprint density at radius 1 is 0.929 bits per heavy atom. The lowest BCUT2D eigenvalue weighted by atomic mass is 10.2. The fourth-order valence-corrected chi connectivity index (χ4v) is 3.99. The number of benzene rings is 3. The Morgan fingerprint density at radius 2 is 1.68 bits per heavy atom. The molecule has 0 aliphatic carbocycles. The highest BCUT2D eigenvalue weighted by atomic mass is 79.9. The summed E-state index contributed by atoms with van der Waals surface area (Å²) in [4.78, 5) is 2.36. The van der Waals surface area contributed by atoms with E-state index in [1.54, 1.807) is 30.3 Å². The Balaban J connectivity index is 1.74. The molecule has 0 aliphatic heterocycles. The Bertz CT molecular complexity index is 1090. The molecule has 0 saturated heterocycles. The smallest absolute Gasteiger partial charge is 0.276 e. The minimum atomic E-state index is -3.72. The average Bonchev–Trinajstić information content (AvgIpc) is 2.68. The topological polar surface area (TPSA) is 67.8 Å². The van der Waals surface area contributed by atoms with Gasteiger partial charge in [-0.25, -0.2) is 4.83 Å². The van der Waals surface area contributed by atoms with Crippen molar-refractivity contribution in [3.05, 3.63) is 92.9 Å². The molecule has 3 aromatic carbocycles. The molecule has 0 radical (unpaired) electrons. The molecule has 3 rings (SSSR count). The fourth-order valence-electron chi connectivity index (χ4n) is 2.36. The predicted octanol–water partition coefficient (Wildman–Crippen LogP) is 5.10. The van der Waals surface area contributed by atoms with Crippen molar-refractivity contribution in [2.45, 2.75) is 11.5 Å². The number of hydrogen-bond acceptors (Lipinski definition) is 4. The Labute approximate surface area is 180 Å². The van der Waals surface area contributed by atoms with Crippen LogP contribution in [0.3, 0.4) is 0 Å². The highest BCUT2D eigenvalue weighted by molar-refractivity contribution is 9.10. The van der Waals surface area contributed by atoms with Crippen LogP contribution >= 0.6 is 31.9 Å². The van der Waals surface area contributed by atoms with Crippen molar-refractivity contribution in [1.82, 2.24) is 4.83 Å². The molecule has 144 valence electrons. The van der Waals surface area contributed by atoms with Gasteiger partial charge < -0.3 is 4.74 Å². The monoisotopic (exact) mass is 522 g/mol. The maximum Gasteiger partial charge on any atom is 0.276 e. The zero-order valence-electron chi connectivity index (χ0n) is 14.5. The lowest BCUT2D eigenvalue weighted by Gasteiger charge is -2.10. The van der Waals surface area contributed by atoms with Crippen molar-refractivity contribution in [3.63, 3.8) is 0 Å². The molecule has 0 bridgehead atoms. The lowest BCUT2D eigenvalue weighted by Crippen LogP contribution is -2.18. The number of rotatable bonds is 7. The van der Waals surface area contributed by atoms with Gasteiger partial charge in [-0.05, 0) is 48.0 Å². The number of halogens is 2. The molecule has 0 saturated carbocycles. The molecule has 0 aliphatic rings. The van der Waals surface area contributed by atoms with E-state index in [1.165, 1.54) is 18.3 Å². The summed E-state index contributed by atoms with van der Waals surface area (Å²) in [6.07, 6.45) is 1.42. The normalized spacial score (nSPS) is 11.5. The Morgan fingerprint density at radius 3 is 2.43 bits per heavy atom. The van der Waals surface area contributed by atoms with Crippen molar-refractivity contribution in [2.24, 2.45) is 5.10 Å². The third-order valence-electron chi connectivity index (χ3n) is 3.69. The average molecular weight is 524 g/mol. The first-order valence-electron chi connectivity index (χ1n) is 8.21. The minimum absolute atomic E-state index is 0.146. The largest absolute Gasteiger partial charge is 0.488 e. The maximum atomic E-state index is 12.2. The molecule has 8 heteroatoms. The van der Waals surface area contributed by atoms with Gasteiger partial charge in [-0.1, -0.05) is 62.2 Å². The molecule has 5 nitrogen and oxygen atoms in total. The highest BCUT2D eigenvalue weighted by Gasteiger charge is 2.11. The van der Waals surface area contributed by atoms with Crippen LogP contribution in [0.5, 0.6) is 5.75 Å². The zero-order valence-corrected chi connectivity index (χ0v) is 18.5. The number of nitrogens with zero attached hydrogens (tertiary/aromatic N) is 1. The van der Waals surface area contributed by atoms with Gasteiger partial charge in [0.05, 0.1) is 11.1 Å². The first kappa shape index (κ1) is 20.6. The standard InChI is InChI=1S/C20H16Br2N2O3S/c21-17-6-4-5-15(11-17)14-27-20-10-9-18(22)12-16(20)13-23-24-28(25,26)19-7-2-1-3-8-19/h1-13,24H,14H2/b23-13+. The van der Waals surface area contributed by atoms with E-state index in [-0.39, 0.29) is 4.90 Å². The second kappa shape index (κ2) is 9.36. The van der Waals surface area contributed by atoms with Crippen LogP contribution in [0.25, 0.3) is 0 Å². The van der Waals surface area contributed by atoms with Crippen LogP contribution in [0.4, 0.5) is 0 Å². The van der Waals surface area contributed by atoms with E-state index in [0.717, 1.165) is 14.5 Å². The number of nitrogens with one attached hydrogen (secondary N) is 1. The lowest BCUT2D eigenvalue weighted by molar-refractivity contribution is 0.305. The van der Waals surface area contributed by atoms with Gasteiger partial charge in [-0.15, -0.1) is 0 Å². The summed E-state index contributed by atoms with van der Waals surface area (Å²) in [5, 5.41) is 3.89. The molecule has 0 heterocycles. The first-order chi connectivity index (χ1) is 13.4. The second-order valence-corrected chi connectivity index (χ2v) is 9.26. The van der Waals surface area contributed by atoms with Gasteiger partial charge in [0.15, 0.2) is 0 Å². The van der Waals surface area contributed by atoms with Gasteiger partial charge in [0.1, 0.15) is 12.4 Å². The summed E-state index contributed by atoms with van der Waals surface area (Å²) in [6.45, 7) is 0.373. The summed E-state index contributed by atoms with van der Waals surface area (Å²) < 4.78 is 32.2. The molecule has 3 aromatic rings. The van der Waals surface area contributed by atoms with E-state index in [4.69, 9.17) is 4.74 Å². The molecule has 28 heavy (non-hydrogen) atoms. The number of hydrazone groups is 1. The SMILES string of the molecule is O=S(=O)(N/N=C/c1cc(Br)ccc1OCc1cccc(Br)c1)c1ccccc1. The van der Waals surface area contributed by atoms with Gasteiger partial charge in [0.25, 0.3) is 10.0 Å². The van der Waals surface area contributed by atoms with E-state index in [2.05, 4.69) is 41.8 Å². The van der Waals surface area contributed by atoms with Gasteiger partial charge in [0, 0.05) is 14.5 Å². The molecule has 0 amide bonds. The van der Waals surface area contributed by atoms with Crippen LogP contribution in [0.15, 0.2) is 91.7 Å². The summed E-state index contributed by atoms with van der Waals surface area (Å²) in [7, 11) is -3.72. The minimum Gasteiger partial charge on any atom is -0.488 e. The molecular weight excluding hydrogens is 508 g/mol. The van der Waals surface area contributed by atoms with Crippen molar-refractivity contribution in [2.75, 3.05) is 0 Å². The van der Waals surface area contributed by atoms with E-state index in [0.29, 0.717) is 17.9 Å². The molecule has 0 aromatic heterocycles. The van der Waals surface area contributed by atoms with Crippen molar-refractivity contribution in [1.29, 1.82) is 0 Å². The van der Waals surface area contributed by atoms with Gasteiger partial charge >= 0.3 is 0 Å². The van der Waals surface area contributed by atoms with Gasteiger partial charge in [0.2, 0.25) is 0 Å². The third-order valence-corrected chi connectivity index (χ3v) is 5.91. The number of hydrogen-bond donors (Lipinski definition) is 1. The third kappa shape index (κ3) is 5.67. The predicted molar refractivity (Wildman–Crippen MR) is 117 cm³/mol. The Kier molecular flexibility index (Phi) is 6.88. The number of sulfonamides is 1. The molecular formula is C20H16Br2N2O3S. The van der Waals surface area contributed by atoms with Gasteiger partial charge in [-0.3, -0.25) is 0 Å². The van der Waals surface area contributed by atoms with Crippen molar-refractivity contribution in [3.8, 4) is 5.75 Å². The second-order valence-electron chi connectivity index (χ2n) is 5.77. The van der Waals surface area contributed by atoms with E-state index >= 15 is 0 Å².